The van der Waals surface area contributed by atoms with Gasteiger partial charge in [0, 0.05) is 12.0 Å². The van der Waals surface area contributed by atoms with Crippen molar-refractivity contribution in [2.75, 3.05) is 25.9 Å². The summed E-state index contributed by atoms with van der Waals surface area (Å²) in [5, 5.41) is 0. The third-order valence-electron chi connectivity index (χ3n) is 5.58. The number of benzene rings is 1. The summed E-state index contributed by atoms with van der Waals surface area (Å²) in [6.07, 6.45) is 3.73. The molecule has 23 heavy (non-hydrogen) atoms. The molecule has 1 fully saturated rings. The quantitative estimate of drug-likeness (QED) is 0.796. The van der Waals surface area contributed by atoms with E-state index in [-0.39, 0.29) is 11.5 Å². The van der Waals surface area contributed by atoms with Gasteiger partial charge in [0.25, 0.3) is 0 Å². The van der Waals surface area contributed by atoms with Crippen LogP contribution in [0.25, 0.3) is 0 Å². The molecule has 3 heteroatoms. The minimum atomic E-state index is 0.0403. The number of rotatable bonds is 1. The lowest BCUT2D eigenvalue weighted by molar-refractivity contribution is 0.254. The molecule has 1 aromatic rings. The summed E-state index contributed by atoms with van der Waals surface area (Å²) in [6, 6.07) is 0. The number of hydrogen-bond acceptors (Lipinski definition) is 3. The van der Waals surface area contributed by atoms with Crippen molar-refractivity contribution >= 4 is 5.69 Å². The first-order chi connectivity index (χ1) is 10.7. The number of nitrogen functional groups attached to an aromatic ring is 1. The molecular weight excluding hydrogens is 284 g/mol. The molecule has 0 aromatic heterocycles. The molecule has 2 N–H and O–H groups in total. The number of likely N-dealkylation sites (tertiary alicyclic amines) is 1. The van der Waals surface area contributed by atoms with Crippen molar-refractivity contribution in [3.63, 3.8) is 0 Å². The molecule has 3 rings (SSSR count). The Hall–Kier alpha value is -1.22. The Balaban J connectivity index is 2.17. The molecule has 0 saturated carbocycles. The van der Waals surface area contributed by atoms with E-state index in [1.807, 2.05) is 0 Å². The first-order valence-corrected chi connectivity index (χ1v) is 9.00. The van der Waals surface area contributed by atoms with Crippen LogP contribution in [0.2, 0.25) is 0 Å². The molecule has 128 valence electrons. The maximum absolute atomic E-state index is 6.57. The van der Waals surface area contributed by atoms with E-state index in [1.54, 1.807) is 5.56 Å². The SMILES string of the molecule is Cc1c(C2CCN(C)CC2)c2c(c(N)c1C(C)(C)C)O[C@H](C)C2. The highest BCUT2D eigenvalue weighted by Gasteiger charge is 2.35. The standard InChI is InChI=1S/C20H32N2O/c1-12-11-15-16(14-7-9-22(6)10-8-14)13(2)17(20(3,4)5)18(21)19(15)23-12/h12,14H,7-11,21H2,1-6H3/t12-/m1/s1. The van der Waals surface area contributed by atoms with Crippen LogP contribution in [0.4, 0.5) is 5.69 Å². The predicted octanol–water partition coefficient (Wildman–Crippen LogP) is 4.01. The third-order valence-corrected chi connectivity index (χ3v) is 5.58. The zero-order chi connectivity index (χ0) is 16.9. The summed E-state index contributed by atoms with van der Waals surface area (Å²) in [5.41, 5.74) is 13.2. The van der Waals surface area contributed by atoms with Crippen molar-refractivity contribution in [3.05, 3.63) is 22.3 Å². The molecule has 1 atom stereocenters. The Morgan fingerprint density at radius 1 is 1.17 bits per heavy atom. The number of hydrogen-bond donors (Lipinski definition) is 1. The van der Waals surface area contributed by atoms with E-state index in [2.05, 4.69) is 46.6 Å². The topological polar surface area (TPSA) is 38.5 Å². The minimum absolute atomic E-state index is 0.0403. The highest BCUT2D eigenvalue weighted by atomic mass is 16.5. The molecule has 1 saturated heterocycles. The summed E-state index contributed by atoms with van der Waals surface area (Å²) in [6.45, 7) is 13.6. The monoisotopic (exact) mass is 316 g/mol. The second-order valence-corrected chi connectivity index (χ2v) is 8.60. The second-order valence-electron chi connectivity index (χ2n) is 8.60. The molecule has 0 spiro atoms. The number of piperidine rings is 1. The van der Waals surface area contributed by atoms with Crippen molar-refractivity contribution in [2.45, 2.75) is 71.3 Å². The van der Waals surface area contributed by atoms with Crippen LogP contribution in [-0.2, 0) is 11.8 Å². The van der Waals surface area contributed by atoms with Gasteiger partial charge in [0.05, 0.1) is 5.69 Å². The van der Waals surface area contributed by atoms with Crippen molar-refractivity contribution in [3.8, 4) is 5.75 Å². The summed E-state index contributed by atoms with van der Waals surface area (Å²) in [7, 11) is 2.22. The third kappa shape index (κ3) is 2.84. The van der Waals surface area contributed by atoms with Crippen LogP contribution < -0.4 is 10.5 Å². The van der Waals surface area contributed by atoms with E-state index in [4.69, 9.17) is 10.5 Å². The lowest BCUT2D eigenvalue weighted by atomic mass is 9.75. The Labute approximate surface area is 141 Å². The average Bonchev–Trinajstić information content (AvgIpc) is 2.81. The Morgan fingerprint density at radius 3 is 2.35 bits per heavy atom. The number of nitrogens with two attached hydrogens (primary N) is 1. The highest BCUT2D eigenvalue weighted by Crippen LogP contribution is 2.49. The van der Waals surface area contributed by atoms with Gasteiger partial charge < -0.3 is 15.4 Å². The molecule has 0 radical (unpaired) electrons. The van der Waals surface area contributed by atoms with Crippen molar-refractivity contribution in [1.29, 1.82) is 0 Å². The molecule has 0 aliphatic carbocycles. The summed E-state index contributed by atoms with van der Waals surface area (Å²) in [4.78, 5) is 2.44. The van der Waals surface area contributed by atoms with Gasteiger partial charge in [-0.25, -0.2) is 0 Å². The minimum Gasteiger partial charge on any atom is -0.488 e. The first-order valence-electron chi connectivity index (χ1n) is 9.00. The van der Waals surface area contributed by atoms with Crippen LogP contribution in [0.15, 0.2) is 0 Å². The van der Waals surface area contributed by atoms with Gasteiger partial charge >= 0.3 is 0 Å². The van der Waals surface area contributed by atoms with Gasteiger partial charge in [0.1, 0.15) is 11.9 Å². The molecule has 3 nitrogen and oxygen atoms in total. The van der Waals surface area contributed by atoms with Gasteiger partial charge in [0.2, 0.25) is 0 Å². The predicted molar refractivity (Wildman–Crippen MR) is 97.6 cm³/mol. The fraction of sp³-hybridized carbons (Fsp3) is 0.700. The lowest BCUT2D eigenvalue weighted by Crippen LogP contribution is -2.30. The van der Waals surface area contributed by atoms with Crippen LogP contribution in [0.1, 0.15) is 68.7 Å². The second kappa shape index (κ2) is 5.70. The number of anilines is 1. The van der Waals surface area contributed by atoms with E-state index >= 15 is 0 Å². The van der Waals surface area contributed by atoms with Crippen LogP contribution >= 0.6 is 0 Å². The fourth-order valence-electron chi connectivity index (χ4n) is 4.65. The zero-order valence-electron chi connectivity index (χ0n) is 15.6. The Morgan fingerprint density at radius 2 is 1.78 bits per heavy atom. The fourth-order valence-corrected chi connectivity index (χ4v) is 4.65. The van der Waals surface area contributed by atoms with Gasteiger partial charge in [-0.05, 0) is 74.8 Å². The summed E-state index contributed by atoms with van der Waals surface area (Å²) in [5.74, 6) is 1.64. The normalized spacial score (nSPS) is 23.0. The van der Waals surface area contributed by atoms with Crippen LogP contribution in [-0.4, -0.2) is 31.1 Å². The van der Waals surface area contributed by atoms with E-state index in [0.717, 1.165) is 17.9 Å². The molecule has 0 bridgehead atoms. The summed E-state index contributed by atoms with van der Waals surface area (Å²) < 4.78 is 6.15. The molecule has 2 aliphatic heterocycles. The van der Waals surface area contributed by atoms with Crippen molar-refractivity contribution in [2.24, 2.45) is 0 Å². The Bertz CT molecular complexity index is 607. The number of fused-ring (bicyclic) bond motifs is 1. The van der Waals surface area contributed by atoms with Crippen molar-refractivity contribution < 1.29 is 4.74 Å². The number of nitrogens with zero attached hydrogens (tertiary/aromatic N) is 1. The summed E-state index contributed by atoms with van der Waals surface area (Å²) >= 11 is 0. The van der Waals surface area contributed by atoms with E-state index in [1.165, 1.54) is 42.6 Å². The van der Waals surface area contributed by atoms with E-state index < -0.39 is 0 Å². The molecule has 0 unspecified atom stereocenters. The largest absolute Gasteiger partial charge is 0.488 e. The van der Waals surface area contributed by atoms with Crippen LogP contribution in [0, 0.1) is 6.92 Å². The first kappa shape index (κ1) is 16.6. The van der Waals surface area contributed by atoms with E-state index in [0.29, 0.717) is 5.92 Å². The zero-order valence-corrected chi connectivity index (χ0v) is 15.6. The van der Waals surface area contributed by atoms with Crippen LogP contribution in [0.3, 0.4) is 0 Å². The molecule has 0 amide bonds. The maximum atomic E-state index is 6.57. The van der Waals surface area contributed by atoms with Crippen molar-refractivity contribution in [1.82, 2.24) is 4.90 Å². The van der Waals surface area contributed by atoms with Gasteiger partial charge in [-0.1, -0.05) is 20.8 Å². The van der Waals surface area contributed by atoms with Crippen LogP contribution in [0.5, 0.6) is 5.75 Å². The van der Waals surface area contributed by atoms with Gasteiger partial charge in [0.15, 0.2) is 0 Å². The molecule has 1 aromatic carbocycles. The highest BCUT2D eigenvalue weighted by molar-refractivity contribution is 5.71. The van der Waals surface area contributed by atoms with E-state index in [9.17, 15) is 0 Å². The van der Waals surface area contributed by atoms with Gasteiger partial charge in [-0.3, -0.25) is 0 Å². The molecule has 2 heterocycles. The maximum Gasteiger partial charge on any atom is 0.146 e. The lowest BCUT2D eigenvalue weighted by Gasteiger charge is -2.34. The number of ether oxygens (including phenoxy) is 1. The smallest absolute Gasteiger partial charge is 0.146 e. The van der Waals surface area contributed by atoms with Gasteiger partial charge in [-0.15, -0.1) is 0 Å². The molecule has 2 aliphatic rings. The van der Waals surface area contributed by atoms with Gasteiger partial charge in [-0.2, -0.15) is 0 Å². The average molecular weight is 316 g/mol. The Kier molecular flexibility index (Phi) is 4.12. The molecular formula is C20H32N2O.